The highest BCUT2D eigenvalue weighted by atomic mass is 32.2. The number of rotatable bonds is 6. The Morgan fingerprint density at radius 1 is 1.42 bits per heavy atom. The van der Waals surface area contributed by atoms with Crippen molar-refractivity contribution in [2.24, 2.45) is 5.73 Å². The molecule has 1 aromatic carbocycles. The highest BCUT2D eigenvalue weighted by molar-refractivity contribution is 7.92. The third-order valence-electron chi connectivity index (χ3n) is 2.17. The highest BCUT2D eigenvalue weighted by Gasteiger charge is 2.10. The van der Waals surface area contributed by atoms with Gasteiger partial charge in [0, 0.05) is 17.9 Å². The van der Waals surface area contributed by atoms with E-state index >= 15 is 0 Å². The Morgan fingerprint density at radius 3 is 2.89 bits per heavy atom. The van der Waals surface area contributed by atoms with E-state index in [0.717, 1.165) is 5.56 Å². The lowest BCUT2D eigenvalue weighted by molar-refractivity contribution is 0.163. The summed E-state index contributed by atoms with van der Waals surface area (Å²) in [6, 6.07) is 6.87. The van der Waals surface area contributed by atoms with E-state index in [1.54, 1.807) is 24.3 Å². The number of benzene rings is 1. The smallest absolute Gasteiger partial charge is 0.235 e. The second kappa shape index (κ2) is 7.79. The molecule has 0 spiro atoms. The lowest BCUT2D eigenvalue weighted by Crippen LogP contribution is -2.20. The van der Waals surface area contributed by atoms with Gasteiger partial charge in [0.05, 0.1) is 18.9 Å². The molecule has 0 saturated heterocycles. The number of sulfonamides is 1. The number of nitrogens with one attached hydrogen (secondary N) is 1. The van der Waals surface area contributed by atoms with Crippen molar-refractivity contribution in [3.05, 3.63) is 29.8 Å². The van der Waals surface area contributed by atoms with Crippen LogP contribution in [0, 0.1) is 11.8 Å². The molecular weight excluding hydrogens is 264 g/mol. The van der Waals surface area contributed by atoms with Crippen molar-refractivity contribution in [2.45, 2.75) is 6.92 Å². The van der Waals surface area contributed by atoms with Crippen molar-refractivity contribution in [3.8, 4) is 11.8 Å². The van der Waals surface area contributed by atoms with Crippen molar-refractivity contribution >= 4 is 15.7 Å². The zero-order chi connectivity index (χ0) is 14.1. The molecule has 0 radical (unpaired) electrons. The van der Waals surface area contributed by atoms with Gasteiger partial charge in [-0.3, -0.25) is 4.72 Å². The van der Waals surface area contributed by atoms with Gasteiger partial charge in [-0.05, 0) is 25.1 Å². The molecule has 1 aromatic rings. The van der Waals surface area contributed by atoms with E-state index in [4.69, 9.17) is 10.5 Å². The molecule has 0 unspecified atom stereocenters. The number of hydrogen-bond acceptors (Lipinski definition) is 4. The van der Waals surface area contributed by atoms with Crippen molar-refractivity contribution in [1.29, 1.82) is 0 Å². The van der Waals surface area contributed by atoms with Gasteiger partial charge in [-0.2, -0.15) is 0 Å². The van der Waals surface area contributed by atoms with E-state index in [2.05, 4.69) is 16.6 Å². The second-order valence-corrected chi connectivity index (χ2v) is 5.55. The van der Waals surface area contributed by atoms with E-state index in [1.807, 2.05) is 6.92 Å². The molecule has 19 heavy (non-hydrogen) atoms. The summed E-state index contributed by atoms with van der Waals surface area (Å²) >= 11 is 0. The largest absolute Gasteiger partial charge is 0.381 e. The van der Waals surface area contributed by atoms with Crippen molar-refractivity contribution < 1.29 is 13.2 Å². The summed E-state index contributed by atoms with van der Waals surface area (Å²) in [6.07, 6.45) is 0. The predicted molar refractivity (Wildman–Crippen MR) is 76.3 cm³/mol. The van der Waals surface area contributed by atoms with Crippen LogP contribution >= 0.6 is 0 Å². The summed E-state index contributed by atoms with van der Waals surface area (Å²) in [7, 11) is -3.39. The maximum Gasteiger partial charge on any atom is 0.235 e. The van der Waals surface area contributed by atoms with Crippen molar-refractivity contribution in [3.63, 3.8) is 0 Å². The zero-order valence-corrected chi connectivity index (χ0v) is 11.7. The Hall–Kier alpha value is -1.55. The minimum Gasteiger partial charge on any atom is -0.381 e. The first-order chi connectivity index (χ1) is 9.07. The Bertz CT molecular complexity index is 559. The Kier molecular flexibility index (Phi) is 6.36. The van der Waals surface area contributed by atoms with Crippen LogP contribution in [0.15, 0.2) is 24.3 Å². The molecule has 0 bridgehead atoms. The van der Waals surface area contributed by atoms with E-state index in [-0.39, 0.29) is 18.9 Å². The van der Waals surface area contributed by atoms with Gasteiger partial charge in [-0.15, -0.1) is 0 Å². The monoisotopic (exact) mass is 282 g/mol. The maximum absolute atomic E-state index is 11.8. The third kappa shape index (κ3) is 6.25. The molecule has 104 valence electrons. The topological polar surface area (TPSA) is 81.4 Å². The van der Waals surface area contributed by atoms with Gasteiger partial charge in [-0.25, -0.2) is 8.42 Å². The molecular formula is C13H18N2O3S. The summed E-state index contributed by atoms with van der Waals surface area (Å²) in [5.74, 6) is 5.50. The molecule has 0 atom stereocenters. The fourth-order valence-electron chi connectivity index (χ4n) is 1.36. The Balaban J connectivity index is 2.71. The number of nitrogens with two attached hydrogens (primary N) is 1. The normalized spacial score (nSPS) is 10.6. The lowest BCUT2D eigenvalue weighted by atomic mass is 10.2. The minimum absolute atomic E-state index is 0.0699. The molecule has 0 aliphatic rings. The van der Waals surface area contributed by atoms with Crippen molar-refractivity contribution in [2.75, 3.05) is 30.2 Å². The fraction of sp³-hybridized carbons (Fsp3) is 0.385. The van der Waals surface area contributed by atoms with Crippen molar-refractivity contribution in [1.82, 2.24) is 0 Å². The summed E-state index contributed by atoms with van der Waals surface area (Å²) in [5.41, 5.74) is 6.49. The second-order valence-electron chi connectivity index (χ2n) is 3.70. The van der Waals surface area contributed by atoms with Crippen LogP contribution in [-0.2, 0) is 14.8 Å². The fourth-order valence-corrected chi connectivity index (χ4v) is 2.28. The molecule has 0 aliphatic carbocycles. The van der Waals surface area contributed by atoms with Crippen LogP contribution in [0.2, 0.25) is 0 Å². The van der Waals surface area contributed by atoms with Crippen LogP contribution in [0.25, 0.3) is 0 Å². The Labute approximate surface area is 114 Å². The minimum atomic E-state index is -3.39. The summed E-state index contributed by atoms with van der Waals surface area (Å²) in [4.78, 5) is 0. The first-order valence-electron chi connectivity index (χ1n) is 5.94. The predicted octanol–water partition coefficient (Wildman–Crippen LogP) is 0.775. The first kappa shape index (κ1) is 15.5. The summed E-state index contributed by atoms with van der Waals surface area (Å²) in [6.45, 7) is 2.77. The Morgan fingerprint density at radius 2 is 2.21 bits per heavy atom. The molecule has 0 fully saturated rings. The van der Waals surface area contributed by atoms with Gasteiger partial charge in [0.2, 0.25) is 10.0 Å². The van der Waals surface area contributed by atoms with E-state index in [9.17, 15) is 8.42 Å². The molecule has 3 N–H and O–H groups in total. The van der Waals surface area contributed by atoms with Gasteiger partial charge < -0.3 is 10.5 Å². The van der Waals surface area contributed by atoms with Gasteiger partial charge in [0.15, 0.2) is 0 Å². The molecule has 0 saturated carbocycles. The molecule has 0 heterocycles. The number of hydrogen-bond donors (Lipinski definition) is 2. The van der Waals surface area contributed by atoms with Gasteiger partial charge >= 0.3 is 0 Å². The van der Waals surface area contributed by atoms with E-state index in [0.29, 0.717) is 12.3 Å². The standard InChI is InChI=1S/C13H18N2O3S/c1-2-18-9-10-19(16,17)15-13-7-3-5-12(11-13)6-4-8-14/h3,5,7,11,15H,2,8-10,14H2,1H3. The number of ether oxygens (including phenoxy) is 1. The molecule has 5 nitrogen and oxygen atoms in total. The van der Waals surface area contributed by atoms with Gasteiger partial charge in [0.1, 0.15) is 0 Å². The van der Waals surface area contributed by atoms with Crippen LogP contribution in [0.5, 0.6) is 0 Å². The average Bonchev–Trinajstić information content (AvgIpc) is 2.36. The quantitative estimate of drug-likeness (QED) is 0.596. The average molecular weight is 282 g/mol. The molecule has 0 aliphatic heterocycles. The third-order valence-corrected chi connectivity index (χ3v) is 3.42. The van der Waals surface area contributed by atoms with Gasteiger partial charge in [-0.1, -0.05) is 17.9 Å². The maximum atomic E-state index is 11.8. The lowest BCUT2D eigenvalue weighted by Gasteiger charge is -2.08. The molecule has 1 rings (SSSR count). The van der Waals surface area contributed by atoms with Crippen LogP contribution in [-0.4, -0.2) is 33.9 Å². The van der Waals surface area contributed by atoms with Gasteiger partial charge in [0.25, 0.3) is 0 Å². The zero-order valence-electron chi connectivity index (χ0n) is 10.8. The molecule has 0 amide bonds. The molecule has 6 heteroatoms. The first-order valence-corrected chi connectivity index (χ1v) is 7.60. The van der Waals surface area contributed by atoms with E-state index in [1.165, 1.54) is 0 Å². The van der Waals surface area contributed by atoms with Crippen LogP contribution in [0.3, 0.4) is 0 Å². The highest BCUT2D eigenvalue weighted by Crippen LogP contribution is 2.11. The van der Waals surface area contributed by atoms with Crippen LogP contribution < -0.4 is 10.5 Å². The van der Waals surface area contributed by atoms with Crippen LogP contribution in [0.1, 0.15) is 12.5 Å². The molecule has 0 aromatic heterocycles. The SMILES string of the molecule is CCOCCS(=O)(=O)Nc1cccc(C#CCN)c1. The van der Waals surface area contributed by atoms with E-state index < -0.39 is 10.0 Å². The number of anilines is 1. The summed E-state index contributed by atoms with van der Waals surface area (Å²) < 4.78 is 31.0. The summed E-state index contributed by atoms with van der Waals surface area (Å²) in [5, 5.41) is 0. The van der Waals surface area contributed by atoms with Crippen LogP contribution in [0.4, 0.5) is 5.69 Å².